The van der Waals surface area contributed by atoms with Crippen LogP contribution in [-0.2, 0) is 14.3 Å². The molecule has 0 bridgehead atoms. The van der Waals surface area contributed by atoms with Crippen LogP contribution >= 0.6 is 0 Å². The van der Waals surface area contributed by atoms with Gasteiger partial charge in [0, 0.05) is 13.1 Å². The molecule has 0 aromatic rings. The standard InChI is InChI=1S/C12H19N3O3/c1-3-5-14-11(16)8-15-6-7-18-9-10(15)12(17)13-4-2/h1,10H,4-9H2,2H3,(H,13,17)(H,14,16). The minimum absolute atomic E-state index is 0.109. The van der Waals surface area contributed by atoms with Crippen molar-refractivity contribution in [2.24, 2.45) is 0 Å². The molecular formula is C12H19N3O3. The topological polar surface area (TPSA) is 70.7 Å². The van der Waals surface area contributed by atoms with E-state index in [9.17, 15) is 9.59 Å². The summed E-state index contributed by atoms with van der Waals surface area (Å²) >= 11 is 0. The number of rotatable bonds is 5. The summed E-state index contributed by atoms with van der Waals surface area (Å²) in [7, 11) is 0. The normalized spacial score (nSPS) is 19.9. The van der Waals surface area contributed by atoms with Gasteiger partial charge in [-0.15, -0.1) is 6.42 Å². The monoisotopic (exact) mass is 253 g/mol. The second-order valence-electron chi connectivity index (χ2n) is 3.94. The number of likely N-dealkylation sites (N-methyl/N-ethyl adjacent to an activating group) is 1. The molecule has 0 aliphatic carbocycles. The molecule has 2 amide bonds. The average molecular weight is 253 g/mol. The lowest BCUT2D eigenvalue weighted by molar-refractivity contribution is -0.135. The largest absolute Gasteiger partial charge is 0.378 e. The van der Waals surface area contributed by atoms with Crippen LogP contribution < -0.4 is 10.6 Å². The predicted molar refractivity (Wildman–Crippen MR) is 66.7 cm³/mol. The molecule has 0 aromatic heterocycles. The number of amides is 2. The molecule has 1 rings (SSSR count). The fraction of sp³-hybridized carbons (Fsp3) is 0.667. The van der Waals surface area contributed by atoms with Crippen LogP contribution in [0.25, 0.3) is 0 Å². The van der Waals surface area contributed by atoms with Gasteiger partial charge in [-0.1, -0.05) is 5.92 Å². The first-order valence-corrected chi connectivity index (χ1v) is 5.98. The number of morpholine rings is 1. The van der Waals surface area contributed by atoms with Crippen LogP contribution in [0.2, 0.25) is 0 Å². The molecule has 100 valence electrons. The van der Waals surface area contributed by atoms with E-state index in [4.69, 9.17) is 11.2 Å². The van der Waals surface area contributed by atoms with Gasteiger partial charge in [0.15, 0.2) is 0 Å². The first kappa shape index (κ1) is 14.5. The molecule has 1 fully saturated rings. The van der Waals surface area contributed by atoms with E-state index in [1.807, 2.05) is 6.92 Å². The first-order valence-electron chi connectivity index (χ1n) is 5.98. The zero-order valence-electron chi connectivity index (χ0n) is 10.6. The van der Waals surface area contributed by atoms with Crippen molar-refractivity contribution >= 4 is 11.8 Å². The summed E-state index contributed by atoms with van der Waals surface area (Å²) in [6.07, 6.45) is 5.06. The summed E-state index contributed by atoms with van der Waals surface area (Å²) in [6, 6.07) is -0.407. The van der Waals surface area contributed by atoms with Crippen molar-refractivity contribution in [3.63, 3.8) is 0 Å². The van der Waals surface area contributed by atoms with Crippen LogP contribution in [0, 0.1) is 12.3 Å². The van der Waals surface area contributed by atoms with Gasteiger partial charge in [0.2, 0.25) is 11.8 Å². The number of nitrogens with zero attached hydrogens (tertiary/aromatic N) is 1. The Kier molecular flexibility index (Phi) is 6.19. The smallest absolute Gasteiger partial charge is 0.239 e. The summed E-state index contributed by atoms with van der Waals surface area (Å²) in [5.41, 5.74) is 0. The highest BCUT2D eigenvalue weighted by molar-refractivity contribution is 5.84. The van der Waals surface area contributed by atoms with Crippen molar-refractivity contribution in [2.45, 2.75) is 13.0 Å². The van der Waals surface area contributed by atoms with E-state index in [-0.39, 0.29) is 24.9 Å². The van der Waals surface area contributed by atoms with E-state index in [2.05, 4.69) is 16.6 Å². The lowest BCUT2D eigenvalue weighted by Crippen LogP contribution is -2.56. The zero-order valence-corrected chi connectivity index (χ0v) is 10.6. The number of hydrogen-bond donors (Lipinski definition) is 2. The van der Waals surface area contributed by atoms with Crippen LogP contribution in [0.1, 0.15) is 6.92 Å². The van der Waals surface area contributed by atoms with E-state index < -0.39 is 6.04 Å². The van der Waals surface area contributed by atoms with E-state index in [0.29, 0.717) is 26.3 Å². The molecule has 2 N–H and O–H groups in total. The zero-order chi connectivity index (χ0) is 13.4. The van der Waals surface area contributed by atoms with Gasteiger partial charge in [-0.3, -0.25) is 14.5 Å². The summed E-state index contributed by atoms with van der Waals surface area (Å²) in [5, 5.41) is 5.32. The van der Waals surface area contributed by atoms with Crippen LogP contribution in [0.5, 0.6) is 0 Å². The molecule has 0 aromatic carbocycles. The molecule has 1 aliphatic heterocycles. The highest BCUT2D eigenvalue weighted by atomic mass is 16.5. The highest BCUT2D eigenvalue weighted by Gasteiger charge is 2.30. The number of carbonyl (C=O) groups is 2. The maximum Gasteiger partial charge on any atom is 0.239 e. The van der Waals surface area contributed by atoms with E-state index >= 15 is 0 Å². The van der Waals surface area contributed by atoms with Crippen molar-refractivity contribution < 1.29 is 14.3 Å². The van der Waals surface area contributed by atoms with Gasteiger partial charge in [0.25, 0.3) is 0 Å². The Morgan fingerprint density at radius 2 is 2.28 bits per heavy atom. The third-order valence-corrected chi connectivity index (χ3v) is 2.63. The Bertz CT molecular complexity index is 338. The fourth-order valence-corrected chi connectivity index (χ4v) is 1.75. The van der Waals surface area contributed by atoms with Crippen LogP contribution in [0.15, 0.2) is 0 Å². The SMILES string of the molecule is C#CCNC(=O)CN1CCOCC1C(=O)NCC. The molecule has 1 saturated heterocycles. The fourth-order valence-electron chi connectivity index (χ4n) is 1.75. The van der Waals surface area contributed by atoms with Gasteiger partial charge in [-0.25, -0.2) is 0 Å². The molecule has 1 unspecified atom stereocenters. The van der Waals surface area contributed by atoms with E-state index in [1.165, 1.54) is 0 Å². The van der Waals surface area contributed by atoms with Crippen LogP contribution in [0.4, 0.5) is 0 Å². The Balaban J connectivity index is 2.51. The van der Waals surface area contributed by atoms with Gasteiger partial charge < -0.3 is 15.4 Å². The van der Waals surface area contributed by atoms with E-state index in [0.717, 1.165) is 0 Å². The third kappa shape index (κ3) is 4.35. The molecule has 0 radical (unpaired) electrons. The summed E-state index contributed by atoms with van der Waals surface area (Å²) in [6.45, 7) is 4.18. The Hall–Kier alpha value is -1.58. The molecule has 1 atom stereocenters. The Labute approximate surface area is 107 Å². The van der Waals surface area contributed by atoms with Gasteiger partial charge in [0.1, 0.15) is 6.04 Å². The van der Waals surface area contributed by atoms with Crippen molar-refractivity contribution in [1.29, 1.82) is 0 Å². The summed E-state index contributed by atoms with van der Waals surface area (Å²) in [4.78, 5) is 25.2. The van der Waals surface area contributed by atoms with Crippen LogP contribution in [-0.4, -0.2) is 62.1 Å². The van der Waals surface area contributed by atoms with Gasteiger partial charge in [-0.05, 0) is 6.92 Å². The second-order valence-corrected chi connectivity index (χ2v) is 3.94. The number of carbonyl (C=O) groups excluding carboxylic acids is 2. The van der Waals surface area contributed by atoms with E-state index in [1.54, 1.807) is 4.90 Å². The second kappa shape index (κ2) is 7.69. The number of terminal acetylenes is 1. The minimum atomic E-state index is -0.407. The number of nitrogens with one attached hydrogen (secondary N) is 2. The molecule has 0 saturated carbocycles. The number of hydrogen-bond acceptors (Lipinski definition) is 4. The molecule has 6 heteroatoms. The van der Waals surface area contributed by atoms with Crippen molar-refractivity contribution in [3.05, 3.63) is 0 Å². The van der Waals surface area contributed by atoms with Gasteiger partial charge in [0.05, 0.1) is 26.3 Å². The lowest BCUT2D eigenvalue weighted by atomic mass is 10.2. The average Bonchev–Trinajstić information content (AvgIpc) is 2.37. The Morgan fingerprint density at radius 3 is 2.94 bits per heavy atom. The maximum atomic E-state index is 11.8. The van der Waals surface area contributed by atoms with Gasteiger partial charge in [-0.2, -0.15) is 0 Å². The van der Waals surface area contributed by atoms with Crippen LogP contribution in [0.3, 0.4) is 0 Å². The number of ether oxygens (including phenoxy) is 1. The molecule has 18 heavy (non-hydrogen) atoms. The van der Waals surface area contributed by atoms with Crippen molar-refractivity contribution in [1.82, 2.24) is 15.5 Å². The highest BCUT2D eigenvalue weighted by Crippen LogP contribution is 2.06. The molecule has 1 aliphatic rings. The molecule has 1 heterocycles. The van der Waals surface area contributed by atoms with Gasteiger partial charge >= 0.3 is 0 Å². The summed E-state index contributed by atoms with van der Waals surface area (Å²) < 4.78 is 5.28. The quantitative estimate of drug-likeness (QED) is 0.590. The van der Waals surface area contributed by atoms with Crippen molar-refractivity contribution in [3.8, 4) is 12.3 Å². The Morgan fingerprint density at radius 1 is 1.50 bits per heavy atom. The lowest BCUT2D eigenvalue weighted by Gasteiger charge is -2.33. The van der Waals surface area contributed by atoms with Crippen molar-refractivity contribution in [2.75, 3.05) is 39.4 Å². The molecule has 0 spiro atoms. The maximum absolute atomic E-state index is 11.8. The first-order chi connectivity index (χ1) is 8.69. The molecule has 6 nitrogen and oxygen atoms in total. The third-order valence-electron chi connectivity index (χ3n) is 2.63. The summed E-state index contributed by atoms with van der Waals surface area (Å²) in [5.74, 6) is 2.05. The molecular weight excluding hydrogens is 234 g/mol. The predicted octanol–water partition coefficient (Wildman–Crippen LogP) is -1.43. The minimum Gasteiger partial charge on any atom is -0.378 e.